The molecule has 6 heterocycles. The maximum Gasteiger partial charge on any atom is 0.186 e. The molecule has 6 fully saturated rings. The Morgan fingerprint density at radius 1 is 0.289 bits per heavy atom. The lowest BCUT2D eigenvalue weighted by Gasteiger charge is -2.46. The van der Waals surface area contributed by atoms with Crippen LogP contribution in [0.15, 0.2) is 81.5 Å². The Morgan fingerprint density at radius 2 is 0.556 bits per heavy atom. The predicted octanol–water partition coefficient (Wildman–Crippen LogP) is 2.08. The molecule has 516 valence electrons. The van der Waals surface area contributed by atoms with Gasteiger partial charge in [0, 0.05) is 0 Å². The molecule has 0 aliphatic carbocycles. The van der Waals surface area contributed by atoms with Crippen molar-refractivity contribution in [3.8, 4) is 0 Å². The Hall–Kier alpha value is -2.82. The molecule has 6 unspecified atom stereocenters. The summed E-state index contributed by atoms with van der Waals surface area (Å²) < 4.78 is 67.6. The van der Waals surface area contributed by atoms with Crippen LogP contribution in [0.2, 0.25) is 0 Å². The van der Waals surface area contributed by atoms with Crippen molar-refractivity contribution in [2.75, 3.05) is 46.2 Å². The van der Waals surface area contributed by atoms with Crippen LogP contribution in [0, 0.1) is 0 Å². The summed E-state index contributed by atoms with van der Waals surface area (Å²) >= 11 is 0. The van der Waals surface area contributed by atoms with Crippen LogP contribution < -0.4 is 0 Å². The number of aliphatic hydroxyl groups excluding tert-OH is 13. The minimum absolute atomic E-state index is 0.0993. The summed E-state index contributed by atoms with van der Waals surface area (Å²) in [6.07, 6.45) is -10.5. The van der Waals surface area contributed by atoms with Crippen molar-refractivity contribution >= 4 is 0 Å². The Morgan fingerprint density at radius 3 is 0.889 bits per heavy atom. The minimum atomic E-state index is -1.91. The molecule has 6 aliphatic rings. The van der Waals surface area contributed by atoms with Gasteiger partial charge in [0.05, 0.1) is 46.2 Å². The van der Waals surface area contributed by atoms with Crippen molar-refractivity contribution in [3.63, 3.8) is 0 Å². The highest BCUT2D eigenvalue weighted by atomic mass is 16.8. The molecule has 6 aliphatic heterocycles. The summed E-state index contributed by atoms with van der Waals surface area (Å²) in [5.74, 6) is 0. The average molecular weight is 1290 g/mol. The van der Waals surface area contributed by atoms with E-state index in [1.807, 2.05) is 13.0 Å². The summed E-state index contributed by atoms with van der Waals surface area (Å²) in [6, 6.07) is 0. The van der Waals surface area contributed by atoms with E-state index < -0.39 is 181 Å². The Bertz CT molecular complexity index is 2360. The molecule has 25 heteroatoms. The molecule has 0 spiro atoms. The number of aliphatic hydroxyl groups is 13. The minimum Gasteiger partial charge on any atom is -0.388 e. The zero-order valence-electron chi connectivity index (χ0n) is 53.5. The summed E-state index contributed by atoms with van der Waals surface area (Å²) in [5, 5.41) is 141. The van der Waals surface area contributed by atoms with Crippen molar-refractivity contribution in [3.05, 3.63) is 81.5 Å². The molecule has 6 saturated heterocycles. The second-order valence-corrected chi connectivity index (χ2v) is 25.2. The molecule has 90 heavy (non-hydrogen) atoms. The van der Waals surface area contributed by atoms with Gasteiger partial charge >= 0.3 is 0 Å². The van der Waals surface area contributed by atoms with Crippen LogP contribution in [-0.4, -0.2) is 260 Å². The van der Waals surface area contributed by atoms with E-state index in [9.17, 15) is 66.4 Å². The van der Waals surface area contributed by atoms with Gasteiger partial charge in [-0.1, -0.05) is 81.5 Å². The lowest BCUT2D eigenvalue weighted by Crippen LogP contribution is -2.64. The van der Waals surface area contributed by atoms with Gasteiger partial charge in [-0.3, -0.25) is 0 Å². The molecule has 0 aromatic rings. The normalized spacial score (nSPS) is 39.0. The van der Waals surface area contributed by atoms with Crippen molar-refractivity contribution in [2.24, 2.45) is 0 Å². The average Bonchev–Trinajstić information content (AvgIpc) is 1.03. The fourth-order valence-electron chi connectivity index (χ4n) is 11.2. The van der Waals surface area contributed by atoms with Gasteiger partial charge in [-0.15, -0.1) is 0 Å². The molecule has 25 nitrogen and oxygen atoms in total. The number of rotatable bonds is 31. The van der Waals surface area contributed by atoms with Gasteiger partial charge in [-0.05, 0) is 132 Å². The SMILES string of the molecule is CC(C)=CCC/C(C)=C/CC/C(C)=C/CC/C(C)=C/CC/C(C)=C/CC/C(C)=C/CC/C(C)=C/CO[C@@H]1OC[C@@H](O[C@@H]2OC[C@@H](O)[C@H](O[C@@H]3OC[C@@H](O)[C@H](O[C@@H]4OC[C@@H](O)[C@H](O[C@@H]5OC[C@@H](O)[C@H](O[C@@H]6OC[C@@H](O)[C@H](O)C6O)C5O)C4O)C3O)C2O)[C@H](O)C1O. The molecule has 6 rings (SSSR count). The molecule has 0 radical (unpaired) electrons. The summed E-state index contributed by atoms with van der Waals surface area (Å²) in [7, 11) is 0. The third-order valence-corrected chi connectivity index (χ3v) is 17.0. The van der Waals surface area contributed by atoms with Crippen LogP contribution >= 0.6 is 0 Å². The predicted molar refractivity (Wildman–Crippen MR) is 324 cm³/mol. The number of ether oxygens (including phenoxy) is 12. The third kappa shape index (κ3) is 23.2. The van der Waals surface area contributed by atoms with Crippen LogP contribution in [0.1, 0.15) is 132 Å². The van der Waals surface area contributed by atoms with Crippen LogP contribution in [0.3, 0.4) is 0 Å². The highest BCUT2D eigenvalue weighted by Crippen LogP contribution is 2.33. The first-order chi connectivity index (χ1) is 42.8. The second-order valence-electron chi connectivity index (χ2n) is 25.2. The molecular formula is C65H106O25. The van der Waals surface area contributed by atoms with Crippen LogP contribution in [0.25, 0.3) is 0 Å². The molecule has 0 aromatic heterocycles. The van der Waals surface area contributed by atoms with E-state index in [-0.39, 0.29) is 13.2 Å². The lowest BCUT2D eigenvalue weighted by molar-refractivity contribution is -0.374. The van der Waals surface area contributed by atoms with Crippen molar-refractivity contribution in [1.29, 1.82) is 0 Å². The Balaban J connectivity index is 0.875. The van der Waals surface area contributed by atoms with Crippen LogP contribution in [-0.2, 0) is 56.8 Å². The number of hydrogen-bond donors (Lipinski definition) is 13. The quantitative estimate of drug-likeness (QED) is 0.0442. The van der Waals surface area contributed by atoms with Gasteiger partial charge in [0.15, 0.2) is 37.7 Å². The Kier molecular flexibility index (Phi) is 32.2. The summed E-state index contributed by atoms with van der Waals surface area (Å²) in [4.78, 5) is 0. The molecular weight excluding hydrogens is 1180 g/mol. The molecule has 0 amide bonds. The van der Waals surface area contributed by atoms with E-state index in [1.165, 1.54) is 33.4 Å². The number of allylic oxidation sites excluding steroid dienone is 13. The smallest absolute Gasteiger partial charge is 0.186 e. The van der Waals surface area contributed by atoms with Crippen molar-refractivity contribution < 1.29 is 123 Å². The van der Waals surface area contributed by atoms with Crippen molar-refractivity contribution in [1.82, 2.24) is 0 Å². The molecule has 24 atom stereocenters. The lowest BCUT2D eigenvalue weighted by atomic mass is 10.0. The monoisotopic (exact) mass is 1290 g/mol. The van der Waals surface area contributed by atoms with Gasteiger partial charge in [0.2, 0.25) is 0 Å². The first-order valence-electron chi connectivity index (χ1n) is 31.8. The second kappa shape index (κ2) is 38.1. The standard InChI is InChI=1S/C65H106O25/c1-35(2)15-9-16-36(3)17-10-18-37(4)19-11-20-38(5)21-12-22-39(6)23-13-24-40(7)25-14-26-41(8)27-28-79-60-51(74)49(72)47(34-85-60)86-62-52(75)56(43(67)30-81-62)88-64-54(77)58(45(69)32-83-64)90-65-55(78)59(46(70)33-84-65)89-63-53(76)57(44(68)31-82-63)87-61-50(73)48(71)42(66)29-80-61/h15,17,19,21,23,25,27,42-78H,9-14,16,18,20,22,24,26,28-34H2,1-8H3/b36-17+,37-19+,38-21+,39-23+,40-25+,41-27+/t42-,43-,44-,45-,46-,47-,48+,49+,50?,51?,52?,53?,54?,55?,56+,57+,58+,59+,60-,61+,62+,63+,64+,65+/m1/s1. The van der Waals surface area contributed by atoms with Crippen molar-refractivity contribution in [2.45, 2.75) is 280 Å². The van der Waals surface area contributed by atoms with Gasteiger partial charge in [0.1, 0.15) is 110 Å². The third-order valence-electron chi connectivity index (χ3n) is 17.0. The maximum absolute atomic E-state index is 11.4. The first kappa shape index (κ1) is 76.2. The molecule has 13 N–H and O–H groups in total. The summed E-state index contributed by atoms with van der Waals surface area (Å²) in [6.45, 7) is 14.7. The highest BCUT2D eigenvalue weighted by molar-refractivity contribution is 5.10. The first-order valence-corrected chi connectivity index (χ1v) is 31.8. The fraction of sp³-hybridized carbons (Fsp3) is 0.785. The topological polar surface area (TPSA) is 374 Å². The molecule has 0 saturated carbocycles. The van der Waals surface area contributed by atoms with Crippen LogP contribution in [0.4, 0.5) is 0 Å². The van der Waals surface area contributed by atoms with E-state index in [1.54, 1.807) is 0 Å². The van der Waals surface area contributed by atoms with E-state index in [0.717, 1.165) is 82.6 Å². The Labute approximate surface area is 529 Å². The van der Waals surface area contributed by atoms with E-state index in [4.69, 9.17) is 56.8 Å². The van der Waals surface area contributed by atoms with Crippen LogP contribution in [0.5, 0.6) is 0 Å². The summed E-state index contributed by atoms with van der Waals surface area (Å²) in [5.41, 5.74) is 9.57. The highest BCUT2D eigenvalue weighted by Gasteiger charge is 2.53. The van der Waals surface area contributed by atoms with E-state index in [0.29, 0.717) is 0 Å². The van der Waals surface area contributed by atoms with Gasteiger partial charge in [-0.25, -0.2) is 0 Å². The van der Waals surface area contributed by atoms with E-state index in [2.05, 4.69) is 84.9 Å². The number of hydrogen-bond acceptors (Lipinski definition) is 25. The molecule has 0 bridgehead atoms. The fourth-order valence-corrected chi connectivity index (χ4v) is 11.2. The van der Waals surface area contributed by atoms with Gasteiger partial charge in [0.25, 0.3) is 0 Å². The zero-order valence-corrected chi connectivity index (χ0v) is 53.5. The maximum atomic E-state index is 11.4. The van der Waals surface area contributed by atoms with Gasteiger partial charge < -0.3 is 123 Å². The van der Waals surface area contributed by atoms with E-state index >= 15 is 0 Å². The van der Waals surface area contributed by atoms with Gasteiger partial charge in [-0.2, -0.15) is 0 Å². The zero-order chi connectivity index (χ0) is 65.8. The largest absolute Gasteiger partial charge is 0.388 e. The molecule has 0 aromatic carbocycles.